The van der Waals surface area contributed by atoms with Crippen LogP contribution in [-0.2, 0) is 19.1 Å². The van der Waals surface area contributed by atoms with Crippen LogP contribution < -0.4 is 20.4 Å². The Kier molecular flexibility index (Phi) is 6.57. The minimum absolute atomic E-state index is 0.140. The van der Waals surface area contributed by atoms with E-state index in [1.807, 2.05) is 0 Å². The molecule has 12 heteroatoms. The van der Waals surface area contributed by atoms with Crippen molar-refractivity contribution < 1.29 is 42.9 Å². The predicted molar refractivity (Wildman–Crippen MR) is 123 cm³/mol. The Morgan fingerprint density at radius 2 is 1.89 bits per heavy atom. The van der Waals surface area contributed by atoms with Gasteiger partial charge in [0, 0.05) is 28.7 Å². The highest BCUT2D eigenvalue weighted by atomic mass is 32.2. The Morgan fingerprint density at radius 3 is 2.51 bits per heavy atom. The lowest BCUT2D eigenvalue weighted by molar-refractivity contribution is -0.140. The van der Waals surface area contributed by atoms with Crippen LogP contribution in [0.25, 0.3) is 11.0 Å². The van der Waals surface area contributed by atoms with Crippen LogP contribution in [0, 0.1) is 5.92 Å². The summed E-state index contributed by atoms with van der Waals surface area (Å²) in [5.41, 5.74) is -0.931. The SMILES string of the molecule is COC(=O)CC1=C(C(=O)O)C2C(=O)C(NC(=O)c3cc4c(OC)cc(OC)cc4oc3=O)C2SC1. The average Bonchev–Trinajstić information content (AvgIpc) is 2.85. The summed E-state index contributed by atoms with van der Waals surface area (Å²) in [6, 6.07) is 3.35. The molecule has 2 N–H and O–H groups in total. The molecule has 4 rings (SSSR count). The molecule has 0 spiro atoms. The molecule has 184 valence electrons. The third-order valence-electron chi connectivity index (χ3n) is 6.00. The summed E-state index contributed by atoms with van der Waals surface area (Å²) in [7, 11) is 4.04. The monoisotopic (exact) mass is 503 g/mol. The Bertz CT molecular complexity index is 1340. The minimum Gasteiger partial charge on any atom is -0.496 e. The number of aliphatic carboxylic acids is 1. The third-order valence-corrected chi connectivity index (χ3v) is 7.45. The van der Waals surface area contributed by atoms with Crippen LogP contribution in [0.1, 0.15) is 16.8 Å². The fraction of sp³-hybridized carbons (Fsp3) is 0.348. The Morgan fingerprint density at radius 1 is 1.14 bits per heavy atom. The molecule has 2 aliphatic rings. The number of methoxy groups -OCH3 is 3. The molecule has 3 atom stereocenters. The van der Waals surface area contributed by atoms with Gasteiger partial charge in [0.2, 0.25) is 0 Å². The summed E-state index contributed by atoms with van der Waals surface area (Å²) >= 11 is 1.26. The van der Waals surface area contributed by atoms with E-state index in [9.17, 15) is 29.1 Å². The van der Waals surface area contributed by atoms with Gasteiger partial charge < -0.3 is 29.1 Å². The van der Waals surface area contributed by atoms with E-state index >= 15 is 0 Å². The molecular formula is C23H21NO10S. The number of carbonyl (C=O) groups is 4. The van der Waals surface area contributed by atoms with Crippen molar-refractivity contribution in [3.8, 4) is 11.5 Å². The highest BCUT2D eigenvalue weighted by Gasteiger charge is 2.56. The first-order valence-corrected chi connectivity index (χ1v) is 11.4. The molecule has 1 aliphatic heterocycles. The molecule has 1 aromatic carbocycles. The van der Waals surface area contributed by atoms with Gasteiger partial charge in [-0.05, 0) is 11.6 Å². The fourth-order valence-electron chi connectivity index (χ4n) is 4.24. The second-order valence-corrected chi connectivity index (χ2v) is 9.04. The lowest BCUT2D eigenvalue weighted by Crippen LogP contribution is -2.65. The van der Waals surface area contributed by atoms with Crippen molar-refractivity contribution in [1.82, 2.24) is 5.32 Å². The number of amides is 1. The Hall–Kier alpha value is -3.80. The van der Waals surface area contributed by atoms with Gasteiger partial charge in [-0.2, -0.15) is 11.8 Å². The number of benzene rings is 1. The van der Waals surface area contributed by atoms with Gasteiger partial charge in [-0.25, -0.2) is 9.59 Å². The number of Topliss-reactive ketones (excluding diaryl/α,β-unsaturated/α-hetero) is 1. The van der Waals surface area contributed by atoms with Crippen molar-refractivity contribution in [1.29, 1.82) is 0 Å². The zero-order valence-electron chi connectivity index (χ0n) is 18.9. The molecule has 1 aliphatic carbocycles. The maximum atomic E-state index is 12.9. The third kappa shape index (κ3) is 4.25. The molecule has 2 heterocycles. The van der Waals surface area contributed by atoms with Crippen LogP contribution >= 0.6 is 11.8 Å². The van der Waals surface area contributed by atoms with Gasteiger partial charge in [0.15, 0.2) is 5.78 Å². The summed E-state index contributed by atoms with van der Waals surface area (Å²) in [5.74, 6) is -3.33. The molecule has 0 bridgehead atoms. The lowest BCUT2D eigenvalue weighted by atomic mass is 9.71. The molecule has 0 radical (unpaired) electrons. The number of ketones is 1. The molecule has 3 unspecified atom stereocenters. The van der Waals surface area contributed by atoms with Gasteiger partial charge in [-0.1, -0.05) is 0 Å². The second-order valence-electron chi connectivity index (χ2n) is 7.87. The number of fused-ring (bicyclic) bond motifs is 2. The summed E-state index contributed by atoms with van der Waals surface area (Å²) in [4.78, 5) is 61.8. The maximum Gasteiger partial charge on any atom is 0.349 e. The molecule has 11 nitrogen and oxygen atoms in total. The van der Waals surface area contributed by atoms with Crippen LogP contribution in [0.5, 0.6) is 11.5 Å². The van der Waals surface area contributed by atoms with Crippen LogP contribution in [-0.4, -0.2) is 67.1 Å². The second kappa shape index (κ2) is 9.45. The van der Waals surface area contributed by atoms with Crippen LogP contribution in [0.15, 0.2) is 38.6 Å². The number of thioether (sulfide) groups is 1. The summed E-state index contributed by atoms with van der Waals surface area (Å²) in [6.07, 6.45) is -0.233. The first kappa shape index (κ1) is 24.3. The predicted octanol–water partition coefficient (Wildman–Crippen LogP) is 1.17. The minimum atomic E-state index is -1.30. The molecule has 2 aromatic rings. The highest BCUT2D eigenvalue weighted by molar-refractivity contribution is 8.00. The zero-order chi connectivity index (χ0) is 25.4. The number of hydrogen-bond donors (Lipinski definition) is 2. The highest BCUT2D eigenvalue weighted by Crippen LogP contribution is 2.46. The molecule has 1 amide bonds. The maximum absolute atomic E-state index is 12.9. The number of carbonyl (C=O) groups excluding carboxylic acids is 3. The van der Waals surface area contributed by atoms with Gasteiger partial charge in [-0.15, -0.1) is 0 Å². The van der Waals surface area contributed by atoms with Crippen molar-refractivity contribution in [3.63, 3.8) is 0 Å². The first-order valence-electron chi connectivity index (χ1n) is 10.4. The van der Waals surface area contributed by atoms with Gasteiger partial charge in [0.25, 0.3) is 5.91 Å². The molecule has 1 fully saturated rings. The van der Waals surface area contributed by atoms with Gasteiger partial charge in [0.05, 0.1) is 39.1 Å². The van der Waals surface area contributed by atoms with E-state index in [0.29, 0.717) is 22.5 Å². The summed E-state index contributed by atoms with van der Waals surface area (Å²) < 4.78 is 20.3. The number of ether oxygens (including phenoxy) is 3. The van der Waals surface area contributed by atoms with E-state index < -0.39 is 46.5 Å². The average molecular weight is 503 g/mol. The van der Waals surface area contributed by atoms with E-state index in [4.69, 9.17) is 13.9 Å². The number of carboxylic acids is 1. The van der Waals surface area contributed by atoms with Gasteiger partial charge in [0.1, 0.15) is 28.7 Å². The quantitative estimate of drug-likeness (QED) is 0.412. The molecular weight excluding hydrogens is 482 g/mol. The van der Waals surface area contributed by atoms with Crippen LogP contribution in [0.2, 0.25) is 0 Å². The number of carboxylic acid groups (broad SMARTS) is 1. The summed E-state index contributed by atoms with van der Waals surface area (Å²) in [6.45, 7) is 0. The van der Waals surface area contributed by atoms with Crippen molar-refractivity contribution >= 4 is 46.4 Å². The number of hydrogen-bond acceptors (Lipinski definition) is 10. The summed E-state index contributed by atoms with van der Waals surface area (Å²) in [5, 5.41) is 12.0. The number of esters is 1. The lowest BCUT2D eigenvalue weighted by Gasteiger charge is -2.46. The normalized spacial score (nSPS) is 21.1. The smallest absolute Gasteiger partial charge is 0.349 e. The van der Waals surface area contributed by atoms with Crippen LogP contribution in [0.4, 0.5) is 0 Å². The Labute approximate surface area is 202 Å². The largest absolute Gasteiger partial charge is 0.496 e. The van der Waals surface area contributed by atoms with Crippen LogP contribution in [0.3, 0.4) is 0 Å². The van der Waals surface area contributed by atoms with E-state index in [1.54, 1.807) is 6.07 Å². The zero-order valence-corrected chi connectivity index (χ0v) is 19.7. The molecule has 0 saturated heterocycles. The van der Waals surface area contributed by atoms with E-state index in [1.165, 1.54) is 45.2 Å². The first-order chi connectivity index (χ1) is 16.7. The molecule has 35 heavy (non-hydrogen) atoms. The fourth-order valence-corrected chi connectivity index (χ4v) is 5.75. The molecule has 1 saturated carbocycles. The van der Waals surface area contributed by atoms with Crippen molar-refractivity contribution in [2.24, 2.45) is 5.92 Å². The van der Waals surface area contributed by atoms with Crippen molar-refractivity contribution in [2.45, 2.75) is 17.7 Å². The van der Waals surface area contributed by atoms with Crippen molar-refractivity contribution in [2.75, 3.05) is 27.1 Å². The van der Waals surface area contributed by atoms with E-state index in [-0.39, 0.29) is 28.9 Å². The van der Waals surface area contributed by atoms with Gasteiger partial charge in [-0.3, -0.25) is 14.4 Å². The standard InChI is InChI=1S/C23H21NO10S/c1-31-10-5-13(32-2)11-7-12(23(30)34-14(11)6-10)21(27)24-18-19(26)17-16(22(28)29)9(4-15(25)33-3)8-35-20(17)18/h5-7,17-18,20H,4,8H2,1-3H3,(H,24,27)(H,28,29). The van der Waals surface area contributed by atoms with Gasteiger partial charge >= 0.3 is 17.6 Å². The topological polar surface area (TPSA) is 158 Å². The Balaban J connectivity index is 1.60. The van der Waals surface area contributed by atoms with E-state index in [0.717, 1.165) is 0 Å². The number of nitrogens with one attached hydrogen (secondary N) is 1. The number of rotatable bonds is 7. The van der Waals surface area contributed by atoms with Crippen molar-refractivity contribution in [3.05, 3.63) is 45.3 Å². The molecule has 1 aromatic heterocycles. The van der Waals surface area contributed by atoms with E-state index in [2.05, 4.69) is 10.1 Å².